The van der Waals surface area contributed by atoms with E-state index in [-0.39, 0.29) is 0 Å². The molecule has 0 atom stereocenters. The molecule has 0 aliphatic rings. The molecule has 0 bridgehead atoms. The first-order chi connectivity index (χ1) is 17.0. The molecule has 0 saturated heterocycles. The van der Waals surface area contributed by atoms with Crippen molar-refractivity contribution in [2.45, 2.75) is 72.6 Å². The van der Waals surface area contributed by atoms with Crippen molar-refractivity contribution in [3.05, 3.63) is 47.5 Å². The van der Waals surface area contributed by atoms with E-state index in [0.29, 0.717) is 0 Å². The predicted octanol–water partition coefficient (Wildman–Crippen LogP) is 8.65. The van der Waals surface area contributed by atoms with Gasteiger partial charge in [0, 0.05) is 0 Å². The van der Waals surface area contributed by atoms with E-state index in [1.165, 1.54) is 57.4 Å². The van der Waals surface area contributed by atoms with E-state index >= 15 is 0 Å². The summed E-state index contributed by atoms with van der Waals surface area (Å²) in [6, 6.07) is 12.8. The van der Waals surface area contributed by atoms with Gasteiger partial charge in [0.1, 0.15) is 0 Å². The predicted molar refractivity (Wildman–Crippen MR) is 152 cm³/mol. The molecule has 2 aromatic carbocycles. The zero-order valence-corrected chi connectivity index (χ0v) is 25.9. The molecule has 5 heteroatoms. The van der Waals surface area contributed by atoms with Crippen molar-refractivity contribution >= 4 is 28.0 Å². The molecule has 0 N–H and O–H groups in total. The Bertz CT molecular complexity index is 916. The first-order valence-electron chi connectivity index (χ1n) is 13.2. The van der Waals surface area contributed by atoms with Crippen LogP contribution in [0.5, 0.6) is 23.0 Å². The second-order valence-electron chi connectivity index (χ2n) is 9.33. The summed E-state index contributed by atoms with van der Waals surface area (Å²) in [5.41, 5.74) is 2.45. The summed E-state index contributed by atoms with van der Waals surface area (Å²) in [6.45, 7) is 6.97. The average molecular weight is 589 g/mol. The van der Waals surface area contributed by atoms with Gasteiger partial charge in [0.25, 0.3) is 0 Å². The first-order valence-corrected chi connectivity index (χ1v) is 20.7. The molecule has 2 aromatic rings. The maximum absolute atomic E-state index is 5.73. The Kier molecular flexibility index (Phi) is 12.9. The summed E-state index contributed by atoms with van der Waals surface area (Å²) < 4.78 is 28.2. The van der Waals surface area contributed by atoms with E-state index in [1.807, 2.05) is 6.07 Å². The minimum atomic E-state index is -2.82. The van der Waals surface area contributed by atoms with E-state index in [9.17, 15) is 0 Å². The monoisotopic (exact) mass is 590 g/mol. The molecule has 0 fully saturated rings. The number of unbranched alkanes of at least 4 members (excludes halogenated alkanes) is 3. The molecule has 0 amide bonds. The van der Waals surface area contributed by atoms with Crippen LogP contribution in [0.2, 0.25) is 13.3 Å². The summed E-state index contributed by atoms with van der Waals surface area (Å²) in [7, 11) is 6.81. The molecule has 4 nitrogen and oxygen atoms in total. The van der Waals surface area contributed by atoms with Crippen molar-refractivity contribution < 1.29 is 18.9 Å². The van der Waals surface area contributed by atoms with Gasteiger partial charge in [-0.05, 0) is 0 Å². The second kappa shape index (κ2) is 15.3. The summed E-state index contributed by atoms with van der Waals surface area (Å²) in [5.74, 6) is 3.10. The molecule has 0 aliphatic carbocycles. The third-order valence-electron chi connectivity index (χ3n) is 7.01. The number of rotatable bonds is 16. The molecule has 0 spiro atoms. The molecule has 0 aliphatic heterocycles. The van der Waals surface area contributed by atoms with Crippen LogP contribution in [0.3, 0.4) is 0 Å². The van der Waals surface area contributed by atoms with Crippen LogP contribution in [0.15, 0.2) is 36.4 Å². The minimum absolute atomic E-state index is 0.759. The fourth-order valence-electron chi connectivity index (χ4n) is 4.98. The van der Waals surface area contributed by atoms with Crippen molar-refractivity contribution in [3.8, 4) is 23.0 Å². The third kappa shape index (κ3) is 7.83. The topological polar surface area (TPSA) is 36.9 Å². The van der Waals surface area contributed by atoms with Gasteiger partial charge in [0.2, 0.25) is 0 Å². The maximum atomic E-state index is 5.73. The van der Waals surface area contributed by atoms with Gasteiger partial charge in [-0.3, -0.25) is 0 Å². The molecule has 0 radical (unpaired) electrons. The van der Waals surface area contributed by atoms with E-state index < -0.39 is 18.4 Å². The van der Waals surface area contributed by atoms with Gasteiger partial charge in [-0.1, -0.05) is 0 Å². The van der Waals surface area contributed by atoms with Gasteiger partial charge >= 0.3 is 219 Å². The van der Waals surface area contributed by atoms with Crippen molar-refractivity contribution in [2.75, 3.05) is 28.4 Å². The Morgan fingerprint density at radius 3 is 1.54 bits per heavy atom. The molecule has 0 unspecified atom stereocenters. The Labute approximate surface area is 217 Å². The van der Waals surface area contributed by atoms with Crippen LogP contribution in [0, 0.1) is 0 Å². The number of methoxy groups -OCH3 is 4. The molecular weight excluding hydrogens is 543 g/mol. The SMILES string of the molecule is CCC[CH2][Sn]([CH2]CCC)([CH2]CCC)/[C](=C/c1ccc(OC)c(OC)c1)c1ccc(OC)c(OC)c1. The van der Waals surface area contributed by atoms with Gasteiger partial charge in [-0.2, -0.15) is 0 Å². The van der Waals surface area contributed by atoms with Crippen LogP contribution in [-0.2, 0) is 0 Å². The number of benzene rings is 2. The van der Waals surface area contributed by atoms with E-state index in [4.69, 9.17) is 18.9 Å². The summed E-state index contributed by atoms with van der Waals surface area (Å²) >= 11 is -2.82. The molecule has 35 heavy (non-hydrogen) atoms. The van der Waals surface area contributed by atoms with Crippen LogP contribution in [0.1, 0.15) is 70.4 Å². The Balaban J connectivity index is 2.80. The van der Waals surface area contributed by atoms with Gasteiger partial charge in [-0.25, -0.2) is 0 Å². The standard InChI is InChI=1S/C18H19O4.3C4H9.Sn/c1-19-15-9-7-13(11-17(15)21-3)5-6-14-8-10-16(20-2)18(12-14)22-4;3*1-3-4-2;/h5,7-12H,1-4H3;3*1,3-4H2,2H3;. The molecule has 0 heterocycles. The fourth-order valence-corrected chi connectivity index (χ4v) is 21.8. The molecule has 194 valence electrons. The zero-order valence-electron chi connectivity index (χ0n) is 23.0. The Morgan fingerprint density at radius 2 is 1.09 bits per heavy atom. The molecule has 2 rings (SSSR count). The Hall–Kier alpha value is -1.82. The van der Waals surface area contributed by atoms with Crippen LogP contribution >= 0.6 is 0 Å². The van der Waals surface area contributed by atoms with Crippen molar-refractivity contribution in [2.24, 2.45) is 0 Å². The summed E-state index contributed by atoms with van der Waals surface area (Å²) in [6.07, 6.45) is 10.1. The number of hydrogen-bond acceptors (Lipinski definition) is 4. The van der Waals surface area contributed by atoms with Gasteiger partial charge < -0.3 is 0 Å². The van der Waals surface area contributed by atoms with Gasteiger partial charge in [-0.15, -0.1) is 0 Å². The van der Waals surface area contributed by atoms with Crippen LogP contribution in [0.25, 0.3) is 9.67 Å². The third-order valence-corrected chi connectivity index (χ3v) is 22.7. The van der Waals surface area contributed by atoms with E-state index in [0.717, 1.165) is 28.6 Å². The van der Waals surface area contributed by atoms with Gasteiger partial charge in [0.05, 0.1) is 0 Å². The number of hydrogen-bond donors (Lipinski definition) is 0. The van der Waals surface area contributed by atoms with Crippen molar-refractivity contribution in [1.82, 2.24) is 0 Å². The molecular formula is C30H46O4Sn. The van der Waals surface area contributed by atoms with Crippen molar-refractivity contribution in [1.29, 1.82) is 0 Å². The average Bonchev–Trinajstić information content (AvgIpc) is 2.91. The fraction of sp³-hybridized carbons (Fsp3) is 0.533. The number of ether oxygens (including phenoxy) is 4. The second-order valence-corrected chi connectivity index (χ2v) is 22.5. The zero-order chi connectivity index (χ0) is 25.7. The van der Waals surface area contributed by atoms with Gasteiger partial charge in [0.15, 0.2) is 0 Å². The van der Waals surface area contributed by atoms with Crippen LogP contribution in [0.4, 0.5) is 0 Å². The summed E-state index contributed by atoms with van der Waals surface area (Å²) in [4.78, 5) is 0. The molecule has 0 saturated carbocycles. The van der Waals surface area contributed by atoms with E-state index in [2.05, 4.69) is 57.2 Å². The van der Waals surface area contributed by atoms with Crippen molar-refractivity contribution in [3.63, 3.8) is 0 Å². The first kappa shape index (κ1) is 29.4. The van der Waals surface area contributed by atoms with Crippen LogP contribution < -0.4 is 18.9 Å². The normalized spacial score (nSPS) is 11.9. The van der Waals surface area contributed by atoms with E-state index in [1.54, 1.807) is 32.0 Å². The molecule has 0 aromatic heterocycles. The van der Waals surface area contributed by atoms with Crippen LogP contribution in [-0.4, -0.2) is 46.8 Å². The Morgan fingerprint density at radius 1 is 0.629 bits per heavy atom. The summed E-state index contributed by atoms with van der Waals surface area (Å²) in [5, 5.41) is 0. The quantitative estimate of drug-likeness (QED) is 0.145.